The molecule has 2 aromatic heterocycles. The molecule has 1 atom stereocenters. The number of fused-ring (bicyclic) bond motifs is 1. The van der Waals surface area contributed by atoms with Crippen LogP contribution in [0.3, 0.4) is 0 Å². The first-order valence-electron chi connectivity index (χ1n) is 10.9. The fraction of sp³-hybridized carbons (Fsp3) is 0.435. The number of nitrogens with zero attached hydrogens (tertiary/aromatic N) is 5. The molecule has 1 aliphatic rings. The van der Waals surface area contributed by atoms with Gasteiger partial charge < -0.3 is 4.90 Å². The topological polar surface area (TPSA) is 61.2 Å². The van der Waals surface area contributed by atoms with Gasteiger partial charge in [0.15, 0.2) is 4.96 Å². The van der Waals surface area contributed by atoms with E-state index in [0.29, 0.717) is 19.6 Å². The van der Waals surface area contributed by atoms with Gasteiger partial charge in [0.1, 0.15) is 6.04 Å². The molecule has 1 saturated heterocycles. The number of likely N-dealkylation sites (N-methyl/N-ethyl adjacent to an activating group) is 1. The van der Waals surface area contributed by atoms with Crippen LogP contribution in [0.5, 0.6) is 0 Å². The van der Waals surface area contributed by atoms with Crippen molar-refractivity contribution in [2.45, 2.75) is 26.4 Å². The van der Waals surface area contributed by atoms with Crippen molar-refractivity contribution >= 4 is 22.2 Å². The molecule has 1 amide bonds. The number of amides is 1. The van der Waals surface area contributed by atoms with E-state index in [1.165, 1.54) is 11.3 Å². The highest BCUT2D eigenvalue weighted by molar-refractivity contribution is 7.15. The molecule has 4 rings (SSSR count). The zero-order chi connectivity index (χ0) is 21.8. The Balaban J connectivity index is 1.46. The highest BCUT2D eigenvalue weighted by Crippen LogP contribution is 2.25. The molecule has 0 bridgehead atoms. The fourth-order valence-corrected chi connectivity index (χ4v) is 4.97. The van der Waals surface area contributed by atoms with Gasteiger partial charge in [-0.3, -0.25) is 23.8 Å². The molecule has 3 aromatic rings. The minimum absolute atomic E-state index is 0.0335. The average molecular weight is 440 g/mol. The molecule has 1 aliphatic heterocycles. The third-order valence-electron chi connectivity index (χ3n) is 5.94. The number of carbonyl (C=O) groups excluding carboxylic acids is 1. The predicted molar refractivity (Wildman–Crippen MR) is 123 cm³/mol. The molecule has 0 aliphatic carbocycles. The molecule has 3 heterocycles. The standard InChI is InChI=1S/C23H29N5O2S/c1-3-26(4-2)22(30)21(18-8-6-5-7-9-18)27-12-10-25(11-13-27)17-19-16-20(29)28-14-15-31-23(28)24-19/h5-9,14-16,21H,3-4,10-13,17H2,1-2H3. The number of benzene rings is 1. The highest BCUT2D eigenvalue weighted by atomic mass is 32.1. The van der Waals surface area contributed by atoms with Gasteiger partial charge in [-0.2, -0.15) is 0 Å². The van der Waals surface area contributed by atoms with E-state index in [-0.39, 0.29) is 17.5 Å². The Hall–Kier alpha value is -2.55. The van der Waals surface area contributed by atoms with Gasteiger partial charge in [0, 0.05) is 63.5 Å². The summed E-state index contributed by atoms with van der Waals surface area (Å²) in [5.41, 5.74) is 1.82. The van der Waals surface area contributed by atoms with Crippen LogP contribution in [0.25, 0.3) is 4.96 Å². The molecule has 0 spiro atoms. The number of carbonyl (C=O) groups is 1. The van der Waals surface area contributed by atoms with Crippen molar-refractivity contribution in [1.29, 1.82) is 0 Å². The number of hydrogen-bond acceptors (Lipinski definition) is 6. The normalized spacial score (nSPS) is 16.5. The van der Waals surface area contributed by atoms with E-state index in [4.69, 9.17) is 0 Å². The van der Waals surface area contributed by atoms with Crippen molar-refractivity contribution in [3.05, 3.63) is 69.6 Å². The lowest BCUT2D eigenvalue weighted by molar-refractivity contribution is -0.137. The second-order valence-corrected chi connectivity index (χ2v) is 8.65. The minimum atomic E-state index is -0.256. The summed E-state index contributed by atoms with van der Waals surface area (Å²) in [6, 6.07) is 11.5. The number of aromatic nitrogens is 2. The molecule has 7 nitrogen and oxygen atoms in total. The molecule has 1 fully saturated rings. The van der Waals surface area contributed by atoms with Crippen molar-refractivity contribution in [1.82, 2.24) is 24.1 Å². The monoisotopic (exact) mass is 439 g/mol. The van der Waals surface area contributed by atoms with Crippen LogP contribution in [0.15, 0.2) is 52.8 Å². The van der Waals surface area contributed by atoms with Crippen molar-refractivity contribution in [2.75, 3.05) is 39.3 Å². The van der Waals surface area contributed by atoms with Crippen LogP contribution in [-0.4, -0.2) is 69.3 Å². The van der Waals surface area contributed by atoms with Crippen molar-refractivity contribution in [2.24, 2.45) is 0 Å². The van der Waals surface area contributed by atoms with Crippen LogP contribution in [0, 0.1) is 0 Å². The molecule has 1 unspecified atom stereocenters. The van der Waals surface area contributed by atoms with Gasteiger partial charge in [0.05, 0.1) is 5.69 Å². The SMILES string of the molecule is CCN(CC)C(=O)C(c1ccccc1)N1CCN(Cc2cc(=O)n3ccsc3n2)CC1. The van der Waals surface area contributed by atoms with E-state index in [1.807, 2.05) is 54.5 Å². The Morgan fingerprint density at radius 1 is 1.13 bits per heavy atom. The van der Waals surface area contributed by atoms with E-state index < -0.39 is 0 Å². The molecule has 31 heavy (non-hydrogen) atoms. The van der Waals surface area contributed by atoms with E-state index in [9.17, 15) is 9.59 Å². The van der Waals surface area contributed by atoms with Crippen molar-refractivity contribution < 1.29 is 4.79 Å². The third-order valence-corrected chi connectivity index (χ3v) is 6.69. The second-order valence-electron chi connectivity index (χ2n) is 7.78. The van der Waals surface area contributed by atoms with E-state index in [2.05, 4.69) is 14.8 Å². The average Bonchev–Trinajstić information content (AvgIpc) is 3.26. The Morgan fingerprint density at radius 3 is 2.52 bits per heavy atom. The van der Waals surface area contributed by atoms with Gasteiger partial charge in [-0.05, 0) is 19.4 Å². The zero-order valence-corrected chi connectivity index (χ0v) is 18.9. The van der Waals surface area contributed by atoms with Crippen molar-refractivity contribution in [3.8, 4) is 0 Å². The maximum Gasteiger partial charge on any atom is 0.258 e. The lowest BCUT2D eigenvalue weighted by atomic mass is 10.0. The molecular formula is C23H29N5O2S. The zero-order valence-electron chi connectivity index (χ0n) is 18.1. The Bertz CT molecular complexity index is 1070. The summed E-state index contributed by atoms with van der Waals surface area (Å²) in [6.07, 6.45) is 1.76. The van der Waals surface area contributed by atoms with Crippen LogP contribution in [0.1, 0.15) is 31.1 Å². The minimum Gasteiger partial charge on any atom is -0.342 e. The maximum atomic E-state index is 13.3. The number of hydrogen-bond donors (Lipinski definition) is 0. The number of rotatable bonds is 7. The lowest BCUT2D eigenvalue weighted by Crippen LogP contribution is -2.51. The Labute approximate surface area is 186 Å². The van der Waals surface area contributed by atoms with E-state index in [1.54, 1.807) is 16.7 Å². The number of piperazine rings is 1. The summed E-state index contributed by atoms with van der Waals surface area (Å²) < 4.78 is 1.58. The van der Waals surface area contributed by atoms with E-state index in [0.717, 1.165) is 42.4 Å². The molecular weight excluding hydrogens is 410 g/mol. The first-order chi connectivity index (χ1) is 15.1. The van der Waals surface area contributed by atoms with Gasteiger partial charge in [0.25, 0.3) is 5.56 Å². The smallest absolute Gasteiger partial charge is 0.258 e. The Morgan fingerprint density at radius 2 is 1.84 bits per heavy atom. The third kappa shape index (κ3) is 4.71. The van der Waals surface area contributed by atoms with Crippen LogP contribution in [0.2, 0.25) is 0 Å². The van der Waals surface area contributed by atoms with Gasteiger partial charge >= 0.3 is 0 Å². The second kappa shape index (κ2) is 9.72. The molecule has 0 saturated carbocycles. The lowest BCUT2D eigenvalue weighted by Gasteiger charge is -2.40. The van der Waals surface area contributed by atoms with Gasteiger partial charge in [-0.15, -0.1) is 11.3 Å². The van der Waals surface area contributed by atoms with Crippen LogP contribution in [0.4, 0.5) is 0 Å². The van der Waals surface area contributed by atoms with Crippen LogP contribution < -0.4 is 5.56 Å². The largest absolute Gasteiger partial charge is 0.342 e. The summed E-state index contributed by atoms with van der Waals surface area (Å²) in [7, 11) is 0. The summed E-state index contributed by atoms with van der Waals surface area (Å²) in [5.74, 6) is 0.169. The molecule has 1 aromatic carbocycles. The van der Waals surface area contributed by atoms with Crippen LogP contribution >= 0.6 is 11.3 Å². The number of thiazole rings is 1. The summed E-state index contributed by atoms with van der Waals surface area (Å²) >= 11 is 1.47. The van der Waals surface area contributed by atoms with E-state index >= 15 is 0 Å². The first-order valence-corrected chi connectivity index (χ1v) is 11.7. The first kappa shape index (κ1) is 21.7. The Kier molecular flexibility index (Phi) is 6.80. The highest BCUT2D eigenvalue weighted by Gasteiger charge is 2.32. The fourth-order valence-electron chi connectivity index (χ4n) is 4.23. The van der Waals surface area contributed by atoms with Gasteiger partial charge in [-0.1, -0.05) is 30.3 Å². The summed E-state index contributed by atoms with van der Waals surface area (Å²) in [4.78, 5) is 37.5. The molecule has 164 valence electrons. The van der Waals surface area contributed by atoms with Gasteiger partial charge in [0.2, 0.25) is 5.91 Å². The quantitative estimate of drug-likeness (QED) is 0.566. The summed E-state index contributed by atoms with van der Waals surface area (Å²) in [5, 5.41) is 1.88. The predicted octanol–water partition coefficient (Wildman–Crippen LogP) is 2.48. The van der Waals surface area contributed by atoms with Gasteiger partial charge in [-0.25, -0.2) is 4.98 Å². The maximum absolute atomic E-state index is 13.3. The van der Waals surface area contributed by atoms with Crippen LogP contribution in [-0.2, 0) is 11.3 Å². The molecule has 0 N–H and O–H groups in total. The summed E-state index contributed by atoms with van der Waals surface area (Å²) in [6.45, 7) is 9.40. The van der Waals surface area contributed by atoms with Crippen molar-refractivity contribution in [3.63, 3.8) is 0 Å². The molecule has 0 radical (unpaired) electrons. The molecule has 8 heteroatoms.